The number of primary amides is 1. The van der Waals surface area contributed by atoms with Crippen molar-refractivity contribution in [1.82, 2.24) is 4.90 Å². The van der Waals surface area contributed by atoms with Crippen LogP contribution in [0.15, 0.2) is 48.5 Å². The van der Waals surface area contributed by atoms with Crippen LogP contribution in [0.5, 0.6) is 0 Å². The molecule has 0 aliphatic carbocycles. The molecule has 2 aromatic carbocycles. The molecule has 4 rings (SSSR count). The Labute approximate surface area is 200 Å². The molecule has 0 radical (unpaired) electrons. The van der Waals surface area contributed by atoms with E-state index in [1.54, 1.807) is 6.07 Å². The van der Waals surface area contributed by atoms with E-state index < -0.39 is 5.91 Å². The predicted octanol–water partition coefficient (Wildman–Crippen LogP) is 5.39. The SMILES string of the molecule is Cl.NC(=O)c1c(NC(=O)c2cc(Cl)cc(Cl)c2)sc2c1CCN(Cc1ccccc1)C2. The van der Waals surface area contributed by atoms with Gasteiger partial charge < -0.3 is 11.1 Å². The average Bonchev–Trinajstić information content (AvgIpc) is 3.05. The second kappa shape index (κ2) is 10.0. The van der Waals surface area contributed by atoms with Crippen molar-refractivity contribution < 1.29 is 9.59 Å². The van der Waals surface area contributed by atoms with Gasteiger partial charge in [-0.2, -0.15) is 0 Å². The number of fused-ring (bicyclic) bond motifs is 1. The van der Waals surface area contributed by atoms with Gasteiger partial charge >= 0.3 is 0 Å². The first-order chi connectivity index (χ1) is 14.4. The van der Waals surface area contributed by atoms with E-state index in [-0.39, 0.29) is 18.3 Å². The molecule has 0 saturated heterocycles. The van der Waals surface area contributed by atoms with E-state index in [0.717, 1.165) is 23.5 Å². The zero-order valence-electron chi connectivity index (χ0n) is 16.4. The summed E-state index contributed by atoms with van der Waals surface area (Å²) in [6.45, 7) is 2.34. The van der Waals surface area contributed by atoms with Crippen molar-refractivity contribution in [2.24, 2.45) is 5.73 Å². The van der Waals surface area contributed by atoms with E-state index in [9.17, 15) is 9.59 Å². The number of benzene rings is 2. The second-order valence-corrected chi connectivity index (χ2v) is 9.11. The highest BCUT2D eigenvalue weighted by atomic mass is 35.5. The lowest BCUT2D eigenvalue weighted by Crippen LogP contribution is -2.30. The molecule has 5 nitrogen and oxygen atoms in total. The monoisotopic (exact) mass is 495 g/mol. The van der Waals surface area contributed by atoms with Crippen LogP contribution in [0.4, 0.5) is 5.00 Å². The number of thiophene rings is 1. The third-order valence-electron chi connectivity index (χ3n) is 4.98. The van der Waals surface area contributed by atoms with Gasteiger partial charge in [-0.1, -0.05) is 53.5 Å². The molecule has 2 amide bonds. The van der Waals surface area contributed by atoms with E-state index in [2.05, 4.69) is 22.3 Å². The van der Waals surface area contributed by atoms with Crippen molar-refractivity contribution in [3.05, 3.63) is 85.7 Å². The number of amides is 2. The molecule has 31 heavy (non-hydrogen) atoms. The molecule has 1 aromatic heterocycles. The number of nitrogens with one attached hydrogen (secondary N) is 1. The van der Waals surface area contributed by atoms with E-state index in [1.807, 2.05) is 18.2 Å². The number of carbonyl (C=O) groups excluding carboxylic acids is 2. The summed E-state index contributed by atoms with van der Waals surface area (Å²) < 4.78 is 0. The van der Waals surface area contributed by atoms with Gasteiger partial charge in [0.05, 0.1) is 5.56 Å². The number of anilines is 1. The molecule has 3 aromatic rings. The van der Waals surface area contributed by atoms with Crippen LogP contribution in [0, 0.1) is 0 Å². The lowest BCUT2D eigenvalue weighted by Gasteiger charge is -2.27. The van der Waals surface area contributed by atoms with Crippen LogP contribution in [0.25, 0.3) is 0 Å². The summed E-state index contributed by atoms with van der Waals surface area (Å²) in [5, 5.41) is 4.03. The summed E-state index contributed by atoms with van der Waals surface area (Å²) in [6, 6.07) is 14.9. The molecule has 0 fully saturated rings. The molecule has 0 atom stereocenters. The van der Waals surface area contributed by atoms with E-state index in [4.69, 9.17) is 28.9 Å². The molecule has 1 aliphatic heterocycles. The Morgan fingerprint density at radius 2 is 1.77 bits per heavy atom. The van der Waals surface area contributed by atoms with Gasteiger partial charge in [0.15, 0.2) is 0 Å². The minimum absolute atomic E-state index is 0. The molecule has 9 heteroatoms. The van der Waals surface area contributed by atoms with Crippen molar-refractivity contribution in [3.63, 3.8) is 0 Å². The van der Waals surface area contributed by atoms with Gasteiger partial charge in [0.25, 0.3) is 11.8 Å². The number of rotatable bonds is 5. The Bertz CT molecular complexity index is 1100. The van der Waals surface area contributed by atoms with Crippen molar-refractivity contribution in [2.45, 2.75) is 19.5 Å². The number of nitrogens with two attached hydrogens (primary N) is 1. The molecule has 0 spiro atoms. The third-order valence-corrected chi connectivity index (χ3v) is 6.55. The predicted molar refractivity (Wildman–Crippen MR) is 129 cm³/mol. The van der Waals surface area contributed by atoms with Crippen LogP contribution < -0.4 is 11.1 Å². The van der Waals surface area contributed by atoms with Gasteiger partial charge in [-0.15, -0.1) is 23.7 Å². The van der Waals surface area contributed by atoms with Crippen molar-refractivity contribution in [3.8, 4) is 0 Å². The Morgan fingerprint density at radius 3 is 2.42 bits per heavy atom. The molecule has 0 bridgehead atoms. The Kier molecular flexibility index (Phi) is 7.62. The van der Waals surface area contributed by atoms with E-state index in [1.165, 1.54) is 29.0 Å². The lowest BCUT2D eigenvalue weighted by molar-refractivity contribution is 0.0999. The van der Waals surface area contributed by atoms with Gasteiger partial charge in [-0.3, -0.25) is 14.5 Å². The maximum atomic E-state index is 12.7. The maximum Gasteiger partial charge on any atom is 0.256 e. The van der Waals surface area contributed by atoms with Gasteiger partial charge in [-0.25, -0.2) is 0 Å². The lowest BCUT2D eigenvalue weighted by atomic mass is 10.0. The quantitative estimate of drug-likeness (QED) is 0.497. The highest BCUT2D eigenvalue weighted by Gasteiger charge is 2.28. The van der Waals surface area contributed by atoms with Crippen LogP contribution in [0.2, 0.25) is 10.0 Å². The number of halogens is 3. The summed E-state index contributed by atoms with van der Waals surface area (Å²) in [5.74, 6) is -0.926. The van der Waals surface area contributed by atoms with Crippen LogP contribution in [0.3, 0.4) is 0 Å². The first-order valence-electron chi connectivity index (χ1n) is 9.39. The molecular weight excluding hydrogens is 477 g/mol. The topological polar surface area (TPSA) is 75.4 Å². The Hall–Kier alpha value is -2.09. The molecule has 162 valence electrons. The minimum atomic E-state index is -0.538. The fraction of sp³-hybridized carbons (Fsp3) is 0.182. The summed E-state index contributed by atoms with van der Waals surface area (Å²) in [6.07, 6.45) is 0.704. The number of hydrogen-bond acceptors (Lipinski definition) is 4. The fourth-order valence-electron chi connectivity index (χ4n) is 3.64. The zero-order valence-corrected chi connectivity index (χ0v) is 19.5. The molecule has 3 N–H and O–H groups in total. The average molecular weight is 497 g/mol. The summed E-state index contributed by atoms with van der Waals surface area (Å²) in [5.41, 5.74) is 8.55. The van der Waals surface area contributed by atoms with E-state index >= 15 is 0 Å². The first-order valence-corrected chi connectivity index (χ1v) is 11.0. The third kappa shape index (κ3) is 5.40. The number of carbonyl (C=O) groups is 2. The van der Waals surface area contributed by atoms with E-state index in [0.29, 0.717) is 39.1 Å². The molecular formula is C22H20Cl3N3O2S. The van der Waals surface area contributed by atoms with Gasteiger partial charge in [-0.05, 0) is 35.7 Å². The van der Waals surface area contributed by atoms with Crippen molar-refractivity contribution in [1.29, 1.82) is 0 Å². The Balaban J connectivity index is 0.00000272. The summed E-state index contributed by atoms with van der Waals surface area (Å²) in [7, 11) is 0. The standard InChI is InChI=1S/C22H19Cl2N3O2S.ClH/c23-15-8-14(9-16(24)10-15)21(29)26-22-19(20(25)28)17-6-7-27(12-18(17)30-22)11-13-4-2-1-3-5-13;/h1-5,8-10H,6-7,11-12H2,(H2,25,28)(H,26,29);1H. The van der Waals surface area contributed by atoms with Gasteiger partial charge in [0.2, 0.25) is 0 Å². The van der Waals surface area contributed by atoms with Crippen molar-refractivity contribution in [2.75, 3.05) is 11.9 Å². The highest BCUT2D eigenvalue weighted by Crippen LogP contribution is 2.37. The largest absolute Gasteiger partial charge is 0.365 e. The summed E-state index contributed by atoms with van der Waals surface area (Å²) >= 11 is 13.4. The number of hydrogen-bond donors (Lipinski definition) is 2. The molecule has 0 saturated carbocycles. The molecule has 2 heterocycles. The van der Waals surface area contributed by atoms with Crippen LogP contribution in [0.1, 0.15) is 36.7 Å². The Morgan fingerprint density at radius 1 is 1.10 bits per heavy atom. The maximum absolute atomic E-state index is 12.7. The first kappa shape index (κ1) is 23.6. The highest BCUT2D eigenvalue weighted by molar-refractivity contribution is 7.17. The normalized spacial score (nSPS) is 13.2. The number of nitrogens with zero attached hydrogens (tertiary/aromatic N) is 1. The second-order valence-electron chi connectivity index (χ2n) is 7.13. The van der Waals surface area contributed by atoms with Crippen molar-refractivity contribution >= 4 is 63.8 Å². The smallest absolute Gasteiger partial charge is 0.256 e. The van der Waals surface area contributed by atoms with Crippen LogP contribution in [-0.4, -0.2) is 23.3 Å². The minimum Gasteiger partial charge on any atom is -0.365 e. The zero-order chi connectivity index (χ0) is 21.3. The molecule has 0 unspecified atom stereocenters. The van der Waals surface area contributed by atoms with Gasteiger partial charge in [0.1, 0.15) is 5.00 Å². The van der Waals surface area contributed by atoms with Crippen LogP contribution >= 0.6 is 46.9 Å². The fourth-order valence-corrected chi connectivity index (χ4v) is 5.46. The van der Waals surface area contributed by atoms with Crippen LogP contribution in [-0.2, 0) is 19.5 Å². The van der Waals surface area contributed by atoms with Gasteiger partial charge in [0, 0.05) is 40.1 Å². The molecule has 1 aliphatic rings. The summed E-state index contributed by atoms with van der Waals surface area (Å²) in [4.78, 5) is 28.3.